The van der Waals surface area contributed by atoms with Gasteiger partial charge >= 0.3 is 5.97 Å². The number of nitrogens with two attached hydrogens (primary N) is 1. The van der Waals surface area contributed by atoms with E-state index in [9.17, 15) is 14.4 Å². The van der Waals surface area contributed by atoms with Gasteiger partial charge in [-0.25, -0.2) is 0 Å². The maximum atomic E-state index is 10.9. The van der Waals surface area contributed by atoms with Crippen molar-refractivity contribution in [3.05, 3.63) is 0 Å². The first-order valence-corrected chi connectivity index (χ1v) is 3.90. The minimum atomic E-state index is -0.552. The molecule has 80 valence electrons. The number of rotatable bonds is 5. The van der Waals surface area contributed by atoms with E-state index in [0.717, 1.165) is 0 Å². The standard InChI is InChI=1S/C7H13N3O4/c1-14-7(13)4-10-6(12)3-9-5(11)2-8/h2-4,8H2,1H3,(H,9,11)(H,10,12). The molecule has 0 bridgehead atoms. The molecule has 2 amide bonds. The van der Waals surface area contributed by atoms with Crippen LogP contribution in [0.2, 0.25) is 0 Å². The first-order valence-electron chi connectivity index (χ1n) is 3.90. The third-order valence-corrected chi connectivity index (χ3v) is 1.29. The summed E-state index contributed by atoms with van der Waals surface area (Å²) in [6.07, 6.45) is 0. The predicted molar refractivity (Wildman–Crippen MR) is 47.1 cm³/mol. The van der Waals surface area contributed by atoms with Gasteiger partial charge in [0.25, 0.3) is 0 Å². The van der Waals surface area contributed by atoms with Gasteiger partial charge < -0.3 is 21.1 Å². The van der Waals surface area contributed by atoms with Crippen LogP contribution in [0.1, 0.15) is 0 Å². The van der Waals surface area contributed by atoms with E-state index in [1.165, 1.54) is 7.11 Å². The number of amides is 2. The van der Waals surface area contributed by atoms with Crippen LogP contribution in [0.3, 0.4) is 0 Å². The summed E-state index contributed by atoms with van der Waals surface area (Å²) < 4.78 is 4.29. The summed E-state index contributed by atoms with van der Waals surface area (Å²) in [6.45, 7) is -0.592. The number of hydrogen-bond acceptors (Lipinski definition) is 5. The molecule has 0 saturated carbocycles. The Hall–Kier alpha value is -1.63. The fraction of sp³-hybridized carbons (Fsp3) is 0.571. The van der Waals surface area contributed by atoms with Crippen LogP contribution in [0.5, 0.6) is 0 Å². The zero-order valence-electron chi connectivity index (χ0n) is 7.83. The SMILES string of the molecule is COC(=O)CNC(=O)CNC(=O)CN. The van der Waals surface area contributed by atoms with Crippen LogP contribution in [0.4, 0.5) is 0 Å². The lowest BCUT2D eigenvalue weighted by molar-refractivity contribution is -0.141. The Bertz CT molecular complexity index is 207. The maximum Gasteiger partial charge on any atom is 0.325 e. The molecule has 0 aromatic heterocycles. The van der Waals surface area contributed by atoms with Crippen molar-refractivity contribution in [2.24, 2.45) is 5.73 Å². The first kappa shape index (κ1) is 12.4. The number of hydrogen-bond donors (Lipinski definition) is 3. The maximum absolute atomic E-state index is 10.9. The number of esters is 1. The summed E-state index contributed by atoms with van der Waals surface area (Å²) in [5, 5.41) is 4.49. The van der Waals surface area contributed by atoms with Gasteiger partial charge in [-0.05, 0) is 0 Å². The third-order valence-electron chi connectivity index (χ3n) is 1.29. The lowest BCUT2D eigenvalue weighted by Gasteiger charge is -2.04. The molecule has 7 nitrogen and oxygen atoms in total. The van der Waals surface area contributed by atoms with Gasteiger partial charge in [0.15, 0.2) is 0 Å². The predicted octanol–water partition coefficient (Wildman–Crippen LogP) is -2.65. The summed E-state index contributed by atoms with van der Waals surface area (Å²) in [6, 6.07) is 0. The highest BCUT2D eigenvalue weighted by Gasteiger charge is 2.05. The van der Waals surface area contributed by atoms with Gasteiger partial charge in [0, 0.05) is 0 Å². The Balaban J connectivity index is 3.56. The Labute approximate surface area is 81.0 Å². The molecule has 14 heavy (non-hydrogen) atoms. The number of ether oxygens (including phenoxy) is 1. The minimum Gasteiger partial charge on any atom is -0.468 e. The average Bonchev–Trinajstić information content (AvgIpc) is 2.22. The van der Waals surface area contributed by atoms with Crippen LogP contribution < -0.4 is 16.4 Å². The van der Waals surface area contributed by atoms with E-state index in [-0.39, 0.29) is 19.6 Å². The lowest BCUT2D eigenvalue weighted by Crippen LogP contribution is -2.41. The average molecular weight is 203 g/mol. The molecule has 4 N–H and O–H groups in total. The van der Waals surface area contributed by atoms with Crippen molar-refractivity contribution in [3.63, 3.8) is 0 Å². The fourth-order valence-corrected chi connectivity index (χ4v) is 0.556. The number of carbonyl (C=O) groups excluding carboxylic acids is 3. The van der Waals surface area contributed by atoms with Crippen molar-refractivity contribution in [1.82, 2.24) is 10.6 Å². The normalized spacial score (nSPS) is 9.00. The summed E-state index contributed by atoms with van der Waals surface area (Å²) >= 11 is 0. The van der Waals surface area contributed by atoms with Gasteiger partial charge in [-0.3, -0.25) is 14.4 Å². The number of carbonyl (C=O) groups is 3. The van der Waals surface area contributed by atoms with Gasteiger partial charge in [0.1, 0.15) is 6.54 Å². The second-order valence-corrected chi connectivity index (χ2v) is 2.33. The van der Waals surface area contributed by atoms with E-state index < -0.39 is 17.8 Å². The molecular formula is C7H13N3O4. The minimum absolute atomic E-state index is 0.176. The Morgan fingerprint density at radius 2 is 1.71 bits per heavy atom. The van der Waals surface area contributed by atoms with Crippen molar-refractivity contribution < 1.29 is 19.1 Å². The lowest BCUT2D eigenvalue weighted by atomic mass is 10.5. The van der Waals surface area contributed by atoms with E-state index in [1.807, 2.05) is 0 Å². The van der Waals surface area contributed by atoms with Gasteiger partial charge in [0.2, 0.25) is 11.8 Å². The molecule has 7 heteroatoms. The van der Waals surface area contributed by atoms with Crippen molar-refractivity contribution in [2.75, 3.05) is 26.7 Å². The van der Waals surface area contributed by atoms with E-state index in [0.29, 0.717) is 0 Å². The molecule has 0 heterocycles. The highest BCUT2D eigenvalue weighted by molar-refractivity contribution is 5.87. The molecule has 0 saturated heterocycles. The molecule has 0 spiro atoms. The van der Waals surface area contributed by atoms with Crippen LogP contribution in [-0.2, 0) is 19.1 Å². The van der Waals surface area contributed by atoms with Crippen LogP contribution in [-0.4, -0.2) is 44.5 Å². The smallest absolute Gasteiger partial charge is 0.325 e. The molecule has 0 unspecified atom stereocenters. The van der Waals surface area contributed by atoms with Crippen LogP contribution in [0.25, 0.3) is 0 Å². The van der Waals surface area contributed by atoms with Gasteiger partial charge in [-0.2, -0.15) is 0 Å². The summed E-state index contributed by atoms with van der Waals surface area (Å²) in [5.74, 6) is -1.46. The molecule has 0 aromatic carbocycles. The molecule has 0 rings (SSSR count). The second kappa shape index (κ2) is 6.84. The van der Waals surface area contributed by atoms with Crippen molar-refractivity contribution in [1.29, 1.82) is 0 Å². The number of methoxy groups -OCH3 is 1. The van der Waals surface area contributed by atoms with Gasteiger partial charge in [-0.15, -0.1) is 0 Å². The zero-order chi connectivity index (χ0) is 11.0. The molecular weight excluding hydrogens is 190 g/mol. The highest BCUT2D eigenvalue weighted by Crippen LogP contribution is 1.71. The topological polar surface area (TPSA) is 111 Å². The molecule has 0 radical (unpaired) electrons. The third kappa shape index (κ3) is 5.95. The summed E-state index contributed by atoms with van der Waals surface area (Å²) in [5.41, 5.74) is 4.98. The van der Waals surface area contributed by atoms with Crippen molar-refractivity contribution >= 4 is 17.8 Å². The highest BCUT2D eigenvalue weighted by atomic mass is 16.5. The van der Waals surface area contributed by atoms with E-state index in [1.54, 1.807) is 0 Å². The Morgan fingerprint density at radius 1 is 1.14 bits per heavy atom. The van der Waals surface area contributed by atoms with Crippen LogP contribution >= 0.6 is 0 Å². The largest absolute Gasteiger partial charge is 0.468 e. The van der Waals surface area contributed by atoms with Crippen LogP contribution in [0.15, 0.2) is 0 Å². The van der Waals surface area contributed by atoms with Crippen molar-refractivity contribution in [2.45, 2.75) is 0 Å². The Kier molecular flexibility index (Phi) is 6.04. The molecule has 0 aliphatic carbocycles. The molecule has 0 fully saturated rings. The fourth-order valence-electron chi connectivity index (χ4n) is 0.556. The molecule has 0 aromatic rings. The molecule has 0 aliphatic rings. The quantitative estimate of drug-likeness (QED) is 0.423. The molecule has 0 aliphatic heterocycles. The van der Waals surface area contributed by atoms with Crippen molar-refractivity contribution in [3.8, 4) is 0 Å². The Morgan fingerprint density at radius 3 is 2.21 bits per heavy atom. The van der Waals surface area contributed by atoms with E-state index >= 15 is 0 Å². The first-order chi connectivity index (χ1) is 6.60. The molecule has 0 atom stereocenters. The number of nitrogens with one attached hydrogen (secondary N) is 2. The summed E-state index contributed by atoms with van der Waals surface area (Å²) in [4.78, 5) is 32.1. The van der Waals surface area contributed by atoms with Gasteiger partial charge in [-0.1, -0.05) is 0 Å². The second-order valence-electron chi connectivity index (χ2n) is 2.33. The van der Waals surface area contributed by atoms with E-state index in [2.05, 4.69) is 15.4 Å². The summed E-state index contributed by atoms with van der Waals surface area (Å²) in [7, 11) is 1.21. The zero-order valence-corrected chi connectivity index (χ0v) is 7.83. The van der Waals surface area contributed by atoms with Gasteiger partial charge in [0.05, 0.1) is 20.2 Å². The van der Waals surface area contributed by atoms with E-state index in [4.69, 9.17) is 5.73 Å². The monoisotopic (exact) mass is 203 g/mol. The van der Waals surface area contributed by atoms with Crippen LogP contribution in [0, 0.1) is 0 Å².